The lowest BCUT2D eigenvalue weighted by atomic mass is 10.2. The molecule has 2 aromatic rings. The molecule has 0 radical (unpaired) electrons. The molecule has 0 fully saturated rings. The van der Waals surface area contributed by atoms with E-state index in [1.165, 1.54) is 12.1 Å². The molecule has 0 unspecified atom stereocenters. The second-order valence-corrected chi connectivity index (χ2v) is 4.16. The zero-order valence-electron chi connectivity index (χ0n) is 10.8. The minimum atomic E-state index is -0.330. The molecule has 0 amide bonds. The van der Waals surface area contributed by atoms with E-state index in [1.54, 1.807) is 6.07 Å². The lowest BCUT2D eigenvalue weighted by Crippen LogP contribution is -2.02. The van der Waals surface area contributed by atoms with Gasteiger partial charge in [0.15, 0.2) is 0 Å². The molecular formula is C15H17FN2O. The maximum absolute atomic E-state index is 12.9. The summed E-state index contributed by atoms with van der Waals surface area (Å²) in [5.41, 5.74) is 7.97. The summed E-state index contributed by atoms with van der Waals surface area (Å²) >= 11 is 0. The van der Waals surface area contributed by atoms with Crippen LogP contribution in [-0.4, -0.2) is 6.61 Å². The fraction of sp³-hybridized carbons (Fsp3) is 0.200. The molecule has 0 heterocycles. The molecule has 0 aliphatic carbocycles. The number of nitrogens with one attached hydrogen (secondary N) is 1. The summed E-state index contributed by atoms with van der Waals surface area (Å²) in [7, 11) is 0. The number of hydrogen-bond acceptors (Lipinski definition) is 3. The van der Waals surface area contributed by atoms with E-state index in [4.69, 9.17) is 10.5 Å². The van der Waals surface area contributed by atoms with Crippen LogP contribution in [0.2, 0.25) is 0 Å². The Morgan fingerprint density at radius 1 is 1.16 bits per heavy atom. The molecule has 3 nitrogen and oxygen atoms in total. The summed E-state index contributed by atoms with van der Waals surface area (Å²) in [5, 5.41) is 3.18. The van der Waals surface area contributed by atoms with Crippen LogP contribution in [0.15, 0.2) is 42.5 Å². The van der Waals surface area contributed by atoms with Gasteiger partial charge in [0.25, 0.3) is 0 Å². The Hall–Kier alpha value is -2.23. The zero-order chi connectivity index (χ0) is 13.7. The Labute approximate surface area is 112 Å². The van der Waals surface area contributed by atoms with Gasteiger partial charge >= 0.3 is 0 Å². The van der Waals surface area contributed by atoms with Crippen molar-refractivity contribution in [1.29, 1.82) is 0 Å². The van der Waals surface area contributed by atoms with Crippen molar-refractivity contribution in [2.24, 2.45) is 0 Å². The first-order valence-electron chi connectivity index (χ1n) is 6.19. The van der Waals surface area contributed by atoms with Crippen molar-refractivity contribution in [3.63, 3.8) is 0 Å². The lowest BCUT2D eigenvalue weighted by molar-refractivity contribution is 0.340. The number of anilines is 2. The van der Waals surface area contributed by atoms with E-state index in [0.717, 1.165) is 17.0 Å². The summed E-state index contributed by atoms with van der Waals surface area (Å²) < 4.78 is 18.3. The first kappa shape index (κ1) is 13.2. The van der Waals surface area contributed by atoms with Crippen LogP contribution in [-0.2, 0) is 6.54 Å². The molecule has 3 N–H and O–H groups in total. The van der Waals surface area contributed by atoms with E-state index in [9.17, 15) is 4.39 Å². The van der Waals surface area contributed by atoms with Crippen LogP contribution < -0.4 is 15.8 Å². The SMILES string of the molecule is CCOc1ccc(CNc2ccc(F)cc2N)cc1. The molecule has 4 heteroatoms. The van der Waals surface area contributed by atoms with Crippen LogP contribution in [0.3, 0.4) is 0 Å². The van der Waals surface area contributed by atoms with Crippen LogP contribution in [0.25, 0.3) is 0 Å². The molecule has 0 aromatic heterocycles. The number of ether oxygens (including phenoxy) is 1. The molecule has 0 atom stereocenters. The molecule has 0 aliphatic rings. The third kappa shape index (κ3) is 3.61. The maximum atomic E-state index is 12.9. The fourth-order valence-electron chi connectivity index (χ4n) is 1.76. The van der Waals surface area contributed by atoms with Gasteiger partial charge in [-0.05, 0) is 42.8 Å². The fourth-order valence-corrected chi connectivity index (χ4v) is 1.76. The van der Waals surface area contributed by atoms with Gasteiger partial charge < -0.3 is 15.8 Å². The van der Waals surface area contributed by atoms with Crippen LogP contribution in [0.5, 0.6) is 5.75 Å². The van der Waals surface area contributed by atoms with Gasteiger partial charge in [-0.25, -0.2) is 4.39 Å². The molecule has 0 saturated carbocycles. The predicted octanol–water partition coefficient (Wildman–Crippen LogP) is 3.42. The summed E-state index contributed by atoms with van der Waals surface area (Å²) in [4.78, 5) is 0. The number of rotatable bonds is 5. The van der Waals surface area contributed by atoms with Crippen molar-refractivity contribution in [3.05, 3.63) is 53.8 Å². The van der Waals surface area contributed by atoms with Crippen LogP contribution >= 0.6 is 0 Å². The summed E-state index contributed by atoms with van der Waals surface area (Å²) in [5.74, 6) is 0.525. The van der Waals surface area contributed by atoms with Gasteiger partial charge in [0, 0.05) is 6.54 Å². The van der Waals surface area contributed by atoms with Crippen molar-refractivity contribution in [2.45, 2.75) is 13.5 Å². The third-order valence-corrected chi connectivity index (χ3v) is 2.73. The zero-order valence-corrected chi connectivity index (χ0v) is 10.8. The van der Waals surface area contributed by atoms with Crippen molar-refractivity contribution in [1.82, 2.24) is 0 Å². The summed E-state index contributed by atoms with van der Waals surface area (Å²) in [6, 6.07) is 12.1. The monoisotopic (exact) mass is 260 g/mol. The van der Waals surface area contributed by atoms with Crippen molar-refractivity contribution in [3.8, 4) is 5.75 Å². The minimum absolute atomic E-state index is 0.330. The number of nitrogens with two attached hydrogens (primary N) is 1. The quantitative estimate of drug-likeness (QED) is 0.810. The minimum Gasteiger partial charge on any atom is -0.494 e. The Bertz CT molecular complexity index is 540. The van der Waals surface area contributed by atoms with E-state index in [-0.39, 0.29) is 5.82 Å². The van der Waals surface area contributed by atoms with Gasteiger partial charge in [-0.2, -0.15) is 0 Å². The van der Waals surface area contributed by atoms with E-state index < -0.39 is 0 Å². The second kappa shape index (κ2) is 6.09. The Balaban J connectivity index is 1.98. The predicted molar refractivity (Wildman–Crippen MR) is 75.8 cm³/mol. The average Bonchev–Trinajstić information content (AvgIpc) is 2.40. The topological polar surface area (TPSA) is 47.3 Å². The molecule has 2 aromatic carbocycles. The van der Waals surface area contributed by atoms with Gasteiger partial charge in [0.2, 0.25) is 0 Å². The van der Waals surface area contributed by atoms with E-state index in [2.05, 4.69) is 5.32 Å². The highest BCUT2D eigenvalue weighted by Gasteiger charge is 2.01. The molecular weight excluding hydrogens is 243 g/mol. The average molecular weight is 260 g/mol. The van der Waals surface area contributed by atoms with Gasteiger partial charge in [-0.1, -0.05) is 12.1 Å². The highest BCUT2D eigenvalue weighted by molar-refractivity contribution is 5.65. The maximum Gasteiger partial charge on any atom is 0.125 e. The molecule has 2 rings (SSSR count). The van der Waals surface area contributed by atoms with Crippen LogP contribution in [0, 0.1) is 5.82 Å². The highest BCUT2D eigenvalue weighted by atomic mass is 19.1. The van der Waals surface area contributed by atoms with Crippen LogP contribution in [0.1, 0.15) is 12.5 Å². The largest absolute Gasteiger partial charge is 0.494 e. The summed E-state index contributed by atoms with van der Waals surface area (Å²) in [6.07, 6.45) is 0. The van der Waals surface area contributed by atoms with Crippen LogP contribution in [0.4, 0.5) is 15.8 Å². The normalized spacial score (nSPS) is 10.2. The highest BCUT2D eigenvalue weighted by Crippen LogP contribution is 2.20. The second-order valence-electron chi connectivity index (χ2n) is 4.16. The Morgan fingerprint density at radius 3 is 2.53 bits per heavy atom. The number of halogens is 1. The van der Waals surface area contributed by atoms with Gasteiger partial charge in [0.05, 0.1) is 18.0 Å². The molecule has 0 bridgehead atoms. The van der Waals surface area contributed by atoms with E-state index in [1.807, 2.05) is 31.2 Å². The van der Waals surface area contributed by atoms with Gasteiger partial charge in [0.1, 0.15) is 11.6 Å². The number of benzene rings is 2. The smallest absolute Gasteiger partial charge is 0.125 e. The van der Waals surface area contributed by atoms with Crippen molar-refractivity contribution >= 4 is 11.4 Å². The number of hydrogen-bond donors (Lipinski definition) is 2. The Kier molecular flexibility index (Phi) is 4.23. The third-order valence-electron chi connectivity index (χ3n) is 2.73. The molecule has 19 heavy (non-hydrogen) atoms. The summed E-state index contributed by atoms with van der Waals surface area (Å²) in [6.45, 7) is 3.23. The van der Waals surface area contributed by atoms with Crippen molar-refractivity contribution in [2.75, 3.05) is 17.7 Å². The van der Waals surface area contributed by atoms with E-state index in [0.29, 0.717) is 18.8 Å². The standard InChI is InChI=1S/C15H17FN2O/c1-2-19-13-6-3-11(4-7-13)10-18-15-8-5-12(16)9-14(15)17/h3-9,18H,2,10,17H2,1H3. The van der Waals surface area contributed by atoms with Gasteiger partial charge in [-0.15, -0.1) is 0 Å². The van der Waals surface area contributed by atoms with E-state index >= 15 is 0 Å². The first-order valence-corrected chi connectivity index (χ1v) is 6.19. The number of nitrogen functional groups attached to an aromatic ring is 1. The Morgan fingerprint density at radius 2 is 1.89 bits per heavy atom. The lowest BCUT2D eigenvalue weighted by Gasteiger charge is -2.10. The molecule has 0 spiro atoms. The van der Waals surface area contributed by atoms with Gasteiger partial charge in [-0.3, -0.25) is 0 Å². The van der Waals surface area contributed by atoms with Crippen molar-refractivity contribution < 1.29 is 9.13 Å². The molecule has 0 saturated heterocycles. The first-order chi connectivity index (χ1) is 9.19. The molecule has 0 aliphatic heterocycles. The molecule has 100 valence electrons.